The topological polar surface area (TPSA) is 52.4 Å². The molecule has 0 bridgehead atoms. The number of methoxy groups -OCH3 is 2. The Bertz CT molecular complexity index is 408. The van der Waals surface area contributed by atoms with E-state index in [-0.39, 0.29) is 6.10 Å². The van der Waals surface area contributed by atoms with Crippen LogP contribution in [0.3, 0.4) is 0 Å². The van der Waals surface area contributed by atoms with Crippen molar-refractivity contribution in [3.63, 3.8) is 0 Å². The van der Waals surface area contributed by atoms with E-state index in [2.05, 4.69) is 28.8 Å². The van der Waals surface area contributed by atoms with Gasteiger partial charge in [0.15, 0.2) is 0 Å². The van der Waals surface area contributed by atoms with Crippen LogP contribution in [0, 0.1) is 5.92 Å². The Morgan fingerprint density at radius 1 is 1.40 bits per heavy atom. The molecule has 1 aromatic heterocycles. The van der Waals surface area contributed by atoms with Crippen molar-refractivity contribution in [3.8, 4) is 0 Å². The molecule has 20 heavy (non-hydrogen) atoms. The van der Waals surface area contributed by atoms with E-state index in [1.165, 1.54) is 0 Å². The maximum Gasteiger partial charge on any atom is 0.141 e. The van der Waals surface area contributed by atoms with Gasteiger partial charge in [0.1, 0.15) is 12.2 Å². The van der Waals surface area contributed by atoms with Gasteiger partial charge in [-0.3, -0.25) is 4.90 Å². The summed E-state index contributed by atoms with van der Waals surface area (Å²) in [5.41, 5.74) is 0. The molecule has 0 unspecified atom stereocenters. The third-order valence-corrected chi connectivity index (χ3v) is 3.76. The summed E-state index contributed by atoms with van der Waals surface area (Å²) in [6, 6.07) is 0.397. The van der Waals surface area contributed by atoms with E-state index in [1.54, 1.807) is 20.5 Å². The fourth-order valence-electron chi connectivity index (χ4n) is 2.76. The average molecular weight is 282 g/mol. The molecule has 1 aliphatic heterocycles. The molecule has 1 saturated heterocycles. The highest BCUT2D eigenvalue weighted by Gasteiger charge is 2.32. The van der Waals surface area contributed by atoms with Gasteiger partial charge in [-0.2, -0.15) is 5.10 Å². The first-order valence-corrected chi connectivity index (χ1v) is 7.26. The number of likely N-dealkylation sites (tertiary alicyclic amines) is 1. The maximum absolute atomic E-state index is 5.49. The van der Waals surface area contributed by atoms with E-state index >= 15 is 0 Å². The standard InChI is InChI=1S/C14H26N4O2/c1-11(2)6-18-14(15-10-16-18)8-17-7-13(20-4)5-12(17)9-19-3/h10-13H,5-9H2,1-4H3/t12-,13+/m0/s1. The summed E-state index contributed by atoms with van der Waals surface area (Å²) in [5, 5.41) is 4.32. The smallest absolute Gasteiger partial charge is 0.141 e. The fraction of sp³-hybridized carbons (Fsp3) is 0.857. The van der Waals surface area contributed by atoms with E-state index in [4.69, 9.17) is 9.47 Å². The maximum atomic E-state index is 5.49. The van der Waals surface area contributed by atoms with Crippen molar-refractivity contribution in [1.29, 1.82) is 0 Å². The van der Waals surface area contributed by atoms with Crippen LogP contribution in [-0.4, -0.2) is 59.2 Å². The van der Waals surface area contributed by atoms with Gasteiger partial charge in [0.05, 0.1) is 19.3 Å². The number of aromatic nitrogens is 3. The summed E-state index contributed by atoms with van der Waals surface area (Å²) in [6.45, 7) is 7.76. The van der Waals surface area contributed by atoms with Gasteiger partial charge in [0.25, 0.3) is 0 Å². The van der Waals surface area contributed by atoms with Crippen LogP contribution >= 0.6 is 0 Å². The summed E-state index contributed by atoms with van der Waals surface area (Å²) in [7, 11) is 3.53. The van der Waals surface area contributed by atoms with Crippen LogP contribution in [0.15, 0.2) is 6.33 Å². The molecule has 0 spiro atoms. The van der Waals surface area contributed by atoms with Crippen molar-refractivity contribution >= 4 is 0 Å². The summed E-state index contributed by atoms with van der Waals surface area (Å²) >= 11 is 0. The SMILES string of the molecule is COC[C@@H]1C[C@@H](OC)CN1Cc1ncnn1CC(C)C. The molecule has 0 radical (unpaired) electrons. The highest BCUT2D eigenvalue weighted by Crippen LogP contribution is 2.22. The summed E-state index contributed by atoms with van der Waals surface area (Å²) in [6.07, 6.45) is 2.95. The zero-order chi connectivity index (χ0) is 14.5. The molecule has 6 heteroatoms. The largest absolute Gasteiger partial charge is 0.383 e. The lowest BCUT2D eigenvalue weighted by Crippen LogP contribution is -2.33. The number of nitrogens with zero attached hydrogens (tertiary/aromatic N) is 4. The van der Waals surface area contributed by atoms with Crippen LogP contribution < -0.4 is 0 Å². The van der Waals surface area contributed by atoms with Crippen molar-refractivity contribution in [2.24, 2.45) is 5.92 Å². The van der Waals surface area contributed by atoms with E-state index in [9.17, 15) is 0 Å². The second-order valence-corrected chi connectivity index (χ2v) is 5.88. The number of rotatable bonds is 7. The predicted molar refractivity (Wildman–Crippen MR) is 76.3 cm³/mol. The van der Waals surface area contributed by atoms with Crippen LogP contribution in [0.4, 0.5) is 0 Å². The van der Waals surface area contributed by atoms with Crippen LogP contribution in [0.1, 0.15) is 26.1 Å². The lowest BCUT2D eigenvalue weighted by Gasteiger charge is -2.23. The molecule has 1 aromatic rings. The minimum Gasteiger partial charge on any atom is -0.383 e. The Morgan fingerprint density at radius 3 is 2.85 bits per heavy atom. The van der Waals surface area contributed by atoms with Crippen LogP contribution in [0.5, 0.6) is 0 Å². The summed E-state index contributed by atoms with van der Waals surface area (Å²) in [4.78, 5) is 6.79. The highest BCUT2D eigenvalue weighted by atomic mass is 16.5. The van der Waals surface area contributed by atoms with Crippen LogP contribution in [0.2, 0.25) is 0 Å². The molecular formula is C14H26N4O2. The zero-order valence-corrected chi connectivity index (χ0v) is 13.0. The fourth-order valence-corrected chi connectivity index (χ4v) is 2.76. The molecule has 2 rings (SSSR count). The van der Waals surface area contributed by atoms with Gasteiger partial charge in [-0.15, -0.1) is 0 Å². The third-order valence-electron chi connectivity index (χ3n) is 3.76. The molecule has 1 fully saturated rings. The Morgan fingerprint density at radius 2 is 2.20 bits per heavy atom. The molecule has 2 heterocycles. The summed E-state index contributed by atoms with van der Waals surface area (Å²) in [5.74, 6) is 1.59. The van der Waals surface area contributed by atoms with Crippen molar-refractivity contribution < 1.29 is 9.47 Å². The van der Waals surface area contributed by atoms with E-state index in [0.717, 1.165) is 38.5 Å². The molecular weight excluding hydrogens is 256 g/mol. The molecule has 2 atom stereocenters. The van der Waals surface area contributed by atoms with E-state index in [0.29, 0.717) is 12.0 Å². The molecule has 1 aliphatic rings. The number of ether oxygens (including phenoxy) is 2. The van der Waals surface area contributed by atoms with Crippen molar-refractivity contribution in [1.82, 2.24) is 19.7 Å². The third kappa shape index (κ3) is 3.77. The van der Waals surface area contributed by atoms with Crippen molar-refractivity contribution in [2.45, 2.75) is 45.5 Å². The van der Waals surface area contributed by atoms with Gasteiger partial charge in [-0.25, -0.2) is 9.67 Å². The highest BCUT2D eigenvalue weighted by molar-refractivity contribution is 4.92. The molecule has 0 aromatic carbocycles. The average Bonchev–Trinajstić information content (AvgIpc) is 2.98. The van der Waals surface area contributed by atoms with Gasteiger partial charge < -0.3 is 9.47 Å². The molecule has 0 saturated carbocycles. The number of hydrogen-bond donors (Lipinski definition) is 0. The first-order valence-electron chi connectivity index (χ1n) is 7.26. The van der Waals surface area contributed by atoms with Gasteiger partial charge >= 0.3 is 0 Å². The van der Waals surface area contributed by atoms with Gasteiger partial charge in [0.2, 0.25) is 0 Å². The molecule has 114 valence electrons. The molecule has 6 nitrogen and oxygen atoms in total. The minimum absolute atomic E-state index is 0.289. The van der Waals surface area contributed by atoms with Crippen molar-refractivity contribution in [3.05, 3.63) is 12.2 Å². The second kappa shape index (κ2) is 7.15. The molecule has 0 N–H and O–H groups in total. The minimum atomic E-state index is 0.289. The monoisotopic (exact) mass is 282 g/mol. The van der Waals surface area contributed by atoms with Gasteiger partial charge in [-0.05, 0) is 12.3 Å². The van der Waals surface area contributed by atoms with Crippen LogP contribution in [0.25, 0.3) is 0 Å². The Balaban J connectivity index is 2.02. The van der Waals surface area contributed by atoms with Crippen molar-refractivity contribution in [2.75, 3.05) is 27.4 Å². The second-order valence-electron chi connectivity index (χ2n) is 5.88. The Labute approximate surface area is 121 Å². The quantitative estimate of drug-likeness (QED) is 0.751. The summed E-state index contributed by atoms with van der Waals surface area (Å²) < 4.78 is 12.8. The molecule has 0 aliphatic carbocycles. The van der Waals surface area contributed by atoms with Gasteiger partial charge in [-0.1, -0.05) is 13.8 Å². The van der Waals surface area contributed by atoms with E-state index in [1.807, 2.05) is 4.68 Å². The Kier molecular flexibility index (Phi) is 5.51. The zero-order valence-electron chi connectivity index (χ0n) is 13.0. The van der Waals surface area contributed by atoms with Crippen LogP contribution in [-0.2, 0) is 22.6 Å². The first kappa shape index (κ1) is 15.4. The molecule has 0 amide bonds. The lowest BCUT2D eigenvalue weighted by atomic mass is 10.2. The number of hydrogen-bond acceptors (Lipinski definition) is 5. The van der Waals surface area contributed by atoms with E-state index < -0.39 is 0 Å². The van der Waals surface area contributed by atoms with Gasteiger partial charge in [0, 0.05) is 33.4 Å². The lowest BCUT2D eigenvalue weighted by molar-refractivity contribution is 0.104. The first-order chi connectivity index (χ1) is 9.63. The predicted octanol–water partition coefficient (Wildman–Crippen LogP) is 1.17. The Hall–Kier alpha value is -0.980. The normalized spacial score (nSPS) is 23.9.